The van der Waals surface area contributed by atoms with Crippen molar-refractivity contribution < 1.29 is 4.74 Å². The minimum atomic E-state index is -0.458. The van der Waals surface area contributed by atoms with Gasteiger partial charge in [0.25, 0.3) is 5.56 Å². The average molecular weight is 358 g/mol. The maximum atomic E-state index is 11.9. The standard InChI is InChI=1S/C12H10BrClN4O2/c13-7-3-8-9(12(19)18-5-17-8)11(10(7)14)20-4-6(16)1-2-15/h3,5-6H,1,4,16H2,(H,17,18,19). The Bertz CT molecular complexity index is 741. The number of hydrogen-bond acceptors (Lipinski definition) is 5. The molecule has 2 aromatic rings. The van der Waals surface area contributed by atoms with Gasteiger partial charge in [-0.1, -0.05) is 11.6 Å². The van der Waals surface area contributed by atoms with Crippen molar-refractivity contribution in [3.8, 4) is 11.8 Å². The number of aromatic amines is 1. The van der Waals surface area contributed by atoms with Crippen molar-refractivity contribution >= 4 is 38.4 Å². The second-order valence-electron chi connectivity index (χ2n) is 4.06. The Hall–Kier alpha value is -1.62. The van der Waals surface area contributed by atoms with Crippen LogP contribution in [0, 0.1) is 11.3 Å². The molecule has 20 heavy (non-hydrogen) atoms. The van der Waals surface area contributed by atoms with Crippen molar-refractivity contribution in [2.24, 2.45) is 5.73 Å². The molecule has 1 unspecified atom stereocenters. The molecule has 0 saturated heterocycles. The SMILES string of the molecule is N#CCC(N)COc1c(Cl)c(Br)cc2nc[nH]c(=O)c12. The zero-order valence-electron chi connectivity index (χ0n) is 10.2. The summed E-state index contributed by atoms with van der Waals surface area (Å²) in [6, 6.07) is 3.13. The van der Waals surface area contributed by atoms with E-state index in [2.05, 4.69) is 25.9 Å². The average Bonchev–Trinajstić information content (AvgIpc) is 2.40. The first kappa shape index (κ1) is 14.8. The Morgan fingerprint density at radius 1 is 1.65 bits per heavy atom. The van der Waals surface area contributed by atoms with Gasteiger partial charge in [-0.05, 0) is 22.0 Å². The summed E-state index contributed by atoms with van der Waals surface area (Å²) in [5.41, 5.74) is 5.80. The van der Waals surface area contributed by atoms with E-state index in [0.717, 1.165) is 0 Å². The number of H-pyrrole nitrogens is 1. The van der Waals surface area contributed by atoms with Gasteiger partial charge >= 0.3 is 0 Å². The van der Waals surface area contributed by atoms with Gasteiger partial charge in [0.15, 0.2) is 5.75 Å². The number of nitrogens with two attached hydrogens (primary N) is 1. The molecule has 1 aromatic carbocycles. The van der Waals surface area contributed by atoms with Gasteiger partial charge in [0.2, 0.25) is 0 Å². The largest absolute Gasteiger partial charge is 0.489 e. The smallest absolute Gasteiger partial charge is 0.262 e. The monoisotopic (exact) mass is 356 g/mol. The fourth-order valence-corrected chi connectivity index (χ4v) is 2.25. The number of rotatable bonds is 4. The van der Waals surface area contributed by atoms with Gasteiger partial charge in [-0.15, -0.1) is 0 Å². The summed E-state index contributed by atoms with van der Waals surface area (Å²) in [5, 5.41) is 9.08. The number of halogens is 2. The van der Waals surface area contributed by atoms with Crippen LogP contribution in [0.15, 0.2) is 21.7 Å². The summed E-state index contributed by atoms with van der Waals surface area (Å²) in [7, 11) is 0. The van der Waals surface area contributed by atoms with Gasteiger partial charge in [-0.2, -0.15) is 5.26 Å². The van der Waals surface area contributed by atoms with Crippen LogP contribution in [-0.2, 0) is 0 Å². The quantitative estimate of drug-likeness (QED) is 0.870. The molecule has 0 saturated carbocycles. The lowest BCUT2D eigenvalue weighted by Gasteiger charge is -2.14. The van der Waals surface area contributed by atoms with Crippen LogP contribution < -0.4 is 16.0 Å². The molecule has 1 aromatic heterocycles. The zero-order chi connectivity index (χ0) is 14.7. The molecule has 1 atom stereocenters. The van der Waals surface area contributed by atoms with Crippen molar-refractivity contribution in [3.63, 3.8) is 0 Å². The van der Waals surface area contributed by atoms with E-state index in [1.165, 1.54) is 6.33 Å². The van der Waals surface area contributed by atoms with Crippen LogP contribution in [0.4, 0.5) is 0 Å². The van der Waals surface area contributed by atoms with E-state index in [1.807, 2.05) is 6.07 Å². The molecule has 0 aliphatic carbocycles. The van der Waals surface area contributed by atoms with E-state index in [4.69, 9.17) is 27.3 Å². The third-order valence-corrected chi connectivity index (χ3v) is 3.81. The van der Waals surface area contributed by atoms with E-state index in [0.29, 0.717) is 9.99 Å². The summed E-state index contributed by atoms with van der Waals surface area (Å²) in [4.78, 5) is 18.4. The number of nitrogens with zero attached hydrogens (tertiary/aromatic N) is 2. The van der Waals surface area contributed by atoms with Gasteiger partial charge < -0.3 is 15.5 Å². The summed E-state index contributed by atoms with van der Waals surface area (Å²) in [5.74, 6) is 0.207. The Balaban J connectivity index is 2.48. The summed E-state index contributed by atoms with van der Waals surface area (Å²) in [6.07, 6.45) is 1.45. The summed E-state index contributed by atoms with van der Waals surface area (Å²) < 4.78 is 6.09. The summed E-state index contributed by atoms with van der Waals surface area (Å²) >= 11 is 9.43. The van der Waals surface area contributed by atoms with E-state index < -0.39 is 6.04 Å². The highest BCUT2D eigenvalue weighted by Gasteiger charge is 2.16. The van der Waals surface area contributed by atoms with Crippen molar-refractivity contribution in [3.05, 3.63) is 32.2 Å². The van der Waals surface area contributed by atoms with Crippen LogP contribution in [0.25, 0.3) is 10.9 Å². The van der Waals surface area contributed by atoms with E-state index >= 15 is 0 Å². The number of nitriles is 1. The lowest BCUT2D eigenvalue weighted by atomic mass is 10.2. The predicted molar refractivity (Wildman–Crippen MR) is 78.8 cm³/mol. The minimum absolute atomic E-state index is 0.0766. The number of benzene rings is 1. The highest BCUT2D eigenvalue weighted by Crippen LogP contribution is 2.37. The van der Waals surface area contributed by atoms with Gasteiger partial charge in [0, 0.05) is 4.47 Å². The first-order chi connectivity index (χ1) is 9.54. The first-order valence-corrected chi connectivity index (χ1v) is 6.82. The fraction of sp³-hybridized carbons (Fsp3) is 0.250. The number of hydrogen-bond donors (Lipinski definition) is 2. The number of fused-ring (bicyclic) bond motifs is 1. The molecule has 0 fully saturated rings. The number of nitrogens with one attached hydrogen (secondary N) is 1. The molecule has 8 heteroatoms. The molecule has 2 rings (SSSR count). The molecular weight excluding hydrogens is 348 g/mol. The molecule has 0 bridgehead atoms. The minimum Gasteiger partial charge on any atom is -0.489 e. The second kappa shape index (κ2) is 6.22. The molecule has 0 aliphatic rings. The van der Waals surface area contributed by atoms with Crippen LogP contribution in [0.2, 0.25) is 5.02 Å². The Kier molecular flexibility index (Phi) is 4.60. The molecule has 0 amide bonds. The van der Waals surface area contributed by atoms with Gasteiger partial charge in [0.1, 0.15) is 12.0 Å². The number of aromatic nitrogens is 2. The van der Waals surface area contributed by atoms with Crippen LogP contribution in [0.1, 0.15) is 6.42 Å². The molecule has 1 heterocycles. The third kappa shape index (κ3) is 2.93. The van der Waals surface area contributed by atoms with Crippen molar-refractivity contribution in [1.82, 2.24) is 9.97 Å². The van der Waals surface area contributed by atoms with Crippen LogP contribution >= 0.6 is 27.5 Å². The maximum Gasteiger partial charge on any atom is 0.262 e. The zero-order valence-corrected chi connectivity index (χ0v) is 12.5. The molecule has 0 spiro atoms. The third-order valence-electron chi connectivity index (χ3n) is 2.58. The molecule has 0 radical (unpaired) electrons. The Morgan fingerprint density at radius 3 is 3.10 bits per heavy atom. The predicted octanol–water partition coefficient (Wildman–Crippen LogP) is 1.96. The fourth-order valence-electron chi connectivity index (χ4n) is 1.65. The van der Waals surface area contributed by atoms with E-state index in [1.54, 1.807) is 6.07 Å². The molecule has 0 aliphatic heterocycles. The molecule has 3 N–H and O–H groups in total. The van der Waals surface area contributed by atoms with E-state index in [-0.39, 0.29) is 34.7 Å². The van der Waals surface area contributed by atoms with Crippen molar-refractivity contribution in [1.29, 1.82) is 5.26 Å². The van der Waals surface area contributed by atoms with Gasteiger partial charge in [-0.3, -0.25) is 4.79 Å². The van der Waals surface area contributed by atoms with Crippen LogP contribution in [-0.4, -0.2) is 22.6 Å². The van der Waals surface area contributed by atoms with E-state index in [9.17, 15) is 4.79 Å². The van der Waals surface area contributed by atoms with Crippen LogP contribution in [0.5, 0.6) is 5.75 Å². The van der Waals surface area contributed by atoms with Gasteiger partial charge in [0.05, 0.1) is 35.4 Å². The first-order valence-electron chi connectivity index (χ1n) is 5.65. The summed E-state index contributed by atoms with van der Waals surface area (Å²) in [6.45, 7) is 0.0766. The van der Waals surface area contributed by atoms with Crippen molar-refractivity contribution in [2.75, 3.05) is 6.61 Å². The molecule has 6 nitrogen and oxygen atoms in total. The lowest BCUT2D eigenvalue weighted by molar-refractivity contribution is 0.293. The lowest BCUT2D eigenvalue weighted by Crippen LogP contribution is -2.27. The maximum absolute atomic E-state index is 11.9. The molecule has 104 valence electrons. The van der Waals surface area contributed by atoms with Gasteiger partial charge in [-0.25, -0.2) is 4.98 Å². The Morgan fingerprint density at radius 2 is 2.40 bits per heavy atom. The number of ether oxygens (including phenoxy) is 1. The molecular formula is C12H10BrClN4O2. The highest BCUT2D eigenvalue weighted by molar-refractivity contribution is 9.10. The normalized spacial score (nSPS) is 12.1. The van der Waals surface area contributed by atoms with Crippen molar-refractivity contribution in [2.45, 2.75) is 12.5 Å². The highest BCUT2D eigenvalue weighted by atomic mass is 79.9. The van der Waals surface area contributed by atoms with Crippen LogP contribution in [0.3, 0.4) is 0 Å². The Labute approximate surface area is 127 Å². The topological polar surface area (TPSA) is 105 Å². The second-order valence-corrected chi connectivity index (χ2v) is 5.29.